The molecule has 0 atom stereocenters. The summed E-state index contributed by atoms with van der Waals surface area (Å²) in [7, 11) is -3.02. The smallest absolute Gasteiger partial charge is 0.188 e. The third kappa shape index (κ3) is 7.34. The summed E-state index contributed by atoms with van der Waals surface area (Å²) in [6.07, 6.45) is 6.00. The molecule has 1 aliphatic carbocycles. The molecule has 0 heterocycles. The minimum absolute atomic E-state index is 0. The van der Waals surface area contributed by atoms with Crippen LogP contribution in [0.4, 0.5) is 0 Å². The largest absolute Gasteiger partial charge is 0.370 e. The zero-order valence-corrected chi connectivity index (χ0v) is 14.9. The average molecular weight is 403 g/mol. The maximum Gasteiger partial charge on any atom is 0.188 e. The van der Waals surface area contributed by atoms with Gasteiger partial charge in [-0.05, 0) is 26.7 Å². The molecule has 0 aromatic rings. The molecule has 0 aromatic carbocycles. The van der Waals surface area contributed by atoms with Gasteiger partial charge in [0.1, 0.15) is 0 Å². The van der Waals surface area contributed by atoms with Gasteiger partial charge in [0.15, 0.2) is 15.8 Å². The molecule has 0 saturated heterocycles. The summed E-state index contributed by atoms with van der Waals surface area (Å²) in [5, 5.41) is 2.82. The lowest BCUT2D eigenvalue weighted by Crippen LogP contribution is -2.41. The first kappa shape index (κ1) is 18.9. The van der Waals surface area contributed by atoms with Crippen molar-refractivity contribution in [3.05, 3.63) is 0 Å². The van der Waals surface area contributed by atoms with E-state index >= 15 is 0 Å². The van der Waals surface area contributed by atoms with Crippen molar-refractivity contribution in [2.45, 2.75) is 57.2 Å². The molecule has 1 fully saturated rings. The number of hydrogen-bond donors (Lipinski definition) is 2. The van der Waals surface area contributed by atoms with Gasteiger partial charge in [0.05, 0.1) is 17.5 Å². The van der Waals surface area contributed by atoms with E-state index in [2.05, 4.69) is 10.3 Å². The van der Waals surface area contributed by atoms with Crippen molar-refractivity contribution in [1.82, 2.24) is 5.32 Å². The van der Waals surface area contributed by atoms with Crippen molar-refractivity contribution >= 4 is 39.8 Å². The Hall–Kier alpha value is -0.0500. The van der Waals surface area contributed by atoms with E-state index in [0.717, 1.165) is 12.8 Å². The number of nitrogens with zero attached hydrogens (tertiary/aromatic N) is 1. The predicted molar refractivity (Wildman–Crippen MR) is 90.8 cm³/mol. The molecule has 5 nitrogen and oxygen atoms in total. The molecule has 19 heavy (non-hydrogen) atoms. The summed E-state index contributed by atoms with van der Waals surface area (Å²) in [6.45, 7) is 3.61. The minimum Gasteiger partial charge on any atom is -0.370 e. The summed E-state index contributed by atoms with van der Waals surface area (Å²) in [5.41, 5.74) is 5.75. The molecular weight excluding hydrogens is 377 g/mol. The van der Waals surface area contributed by atoms with Gasteiger partial charge >= 0.3 is 0 Å². The summed E-state index contributed by atoms with van der Waals surface area (Å²) >= 11 is 0. The molecule has 1 rings (SSSR count). The molecule has 0 aliphatic heterocycles. The SMILES string of the molecule is CC(C)S(=O)(=O)CCN=C(N)NC1CCCCC1.I. The molecule has 114 valence electrons. The molecule has 1 saturated carbocycles. The van der Waals surface area contributed by atoms with Gasteiger partial charge in [-0.15, -0.1) is 24.0 Å². The Morgan fingerprint density at radius 2 is 1.89 bits per heavy atom. The van der Waals surface area contributed by atoms with Crippen LogP contribution in [-0.2, 0) is 9.84 Å². The fraction of sp³-hybridized carbons (Fsp3) is 0.917. The second-order valence-electron chi connectivity index (χ2n) is 5.16. The molecule has 0 radical (unpaired) electrons. The van der Waals surface area contributed by atoms with E-state index in [1.54, 1.807) is 13.8 Å². The second kappa shape index (κ2) is 8.99. The van der Waals surface area contributed by atoms with E-state index in [4.69, 9.17) is 5.73 Å². The molecule has 3 N–H and O–H groups in total. The minimum atomic E-state index is -3.02. The zero-order chi connectivity index (χ0) is 13.6. The molecule has 7 heteroatoms. The number of aliphatic imine (C=N–C) groups is 1. The van der Waals surface area contributed by atoms with Crippen LogP contribution in [0.1, 0.15) is 46.0 Å². The van der Waals surface area contributed by atoms with Gasteiger partial charge in [0, 0.05) is 6.04 Å². The van der Waals surface area contributed by atoms with Gasteiger partial charge in [-0.3, -0.25) is 4.99 Å². The van der Waals surface area contributed by atoms with Crippen LogP contribution >= 0.6 is 24.0 Å². The highest BCUT2D eigenvalue weighted by molar-refractivity contribution is 14.0. The van der Waals surface area contributed by atoms with Crippen LogP contribution in [0, 0.1) is 0 Å². The first-order valence-electron chi connectivity index (χ1n) is 6.70. The van der Waals surface area contributed by atoms with Crippen molar-refractivity contribution in [2.24, 2.45) is 10.7 Å². The average Bonchev–Trinajstić information content (AvgIpc) is 2.29. The molecular formula is C12H26IN3O2S. The van der Waals surface area contributed by atoms with Crippen molar-refractivity contribution < 1.29 is 8.42 Å². The number of rotatable bonds is 5. The van der Waals surface area contributed by atoms with Crippen molar-refractivity contribution in [2.75, 3.05) is 12.3 Å². The fourth-order valence-corrected chi connectivity index (χ4v) is 2.85. The van der Waals surface area contributed by atoms with Crippen LogP contribution in [-0.4, -0.2) is 38.0 Å². The number of sulfone groups is 1. The van der Waals surface area contributed by atoms with Crippen molar-refractivity contribution in [1.29, 1.82) is 0 Å². The third-order valence-corrected chi connectivity index (χ3v) is 5.52. The lowest BCUT2D eigenvalue weighted by atomic mass is 9.96. The maximum atomic E-state index is 11.6. The standard InChI is InChI=1S/C12H25N3O2S.HI/c1-10(2)18(16,17)9-8-14-12(13)15-11-6-4-3-5-7-11;/h10-11H,3-9H2,1-2H3,(H3,13,14,15);1H. The zero-order valence-electron chi connectivity index (χ0n) is 11.8. The van der Waals surface area contributed by atoms with Gasteiger partial charge in [-0.25, -0.2) is 8.42 Å². The van der Waals surface area contributed by atoms with Crippen LogP contribution < -0.4 is 11.1 Å². The van der Waals surface area contributed by atoms with Crippen LogP contribution in [0.3, 0.4) is 0 Å². The number of nitrogens with one attached hydrogen (secondary N) is 1. The first-order chi connectivity index (χ1) is 8.42. The topological polar surface area (TPSA) is 84.5 Å². The lowest BCUT2D eigenvalue weighted by Gasteiger charge is -2.23. The Balaban J connectivity index is 0.00000324. The molecule has 0 aromatic heterocycles. The number of guanidine groups is 1. The second-order valence-corrected chi connectivity index (χ2v) is 7.84. The monoisotopic (exact) mass is 403 g/mol. The Morgan fingerprint density at radius 3 is 2.42 bits per heavy atom. The van der Waals surface area contributed by atoms with Crippen LogP contribution in [0.2, 0.25) is 0 Å². The van der Waals surface area contributed by atoms with E-state index in [-0.39, 0.29) is 41.5 Å². The van der Waals surface area contributed by atoms with E-state index in [1.165, 1.54) is 19.3 Å². The number of hydrogen-bond acceptors (Lipinski definition) is 3. The number of nitrogens with two attached hydrogens (primary N) is 1. The fourth-order valence-electron chi connectivity index (χ4n) is 2.03. The van der Waals surface area contributed by atoms with E-state index in [9.17, 15) is 8.42 Å². The van der Waals surface area contributed by atoms with Crippen LogP contribution in [0.15, 0.2) is 4.99 Å². The summed E-state index contributed by atoms with van der Waals surface area (Å²) in [4.78, 5) is 4.09. The Labute approximate surface area is 133 Å². The third-order valence-electron chi connectivity index (χ3n) is 3.33. The van der Waals surface area contributed by atoms with Gasteiger partial charge in [0.2, 0.25) is 0 Å². The Kier molecular flexibility index (Phi) is 8.97. The normalized spacial score (nSPS) is 18.2. The van der Waals surface area contributed by atoms with Gasteiger partial charge in [-0.2, -0.15) is 0 Å². The molecule has 0 spiro atoms. The summed E-state index contributed by atoms with van der Waals surface area (Å²) in [6, 6.07) is 0.407. The molecule has 0 amide bonds. The summed E-state index contributed by atoms with van der Waals surface area (Å²) < 4.78 is 23.1. The first-order valence-corrected chi connectivity index (χ1v) is 8.41. The van der Waals surface area contributed by atoms with Crippen LogP contribution in [0.5, 0.6) is 0 Å². The predicted octanol–water partition coefficient (Wildman–Crippen LogP) is 1.66. The van der Waals surface area contributed by atoms with E-state index in [1.807, 2.05) is 0 Å². The summed E-state index contributed by atoms with van der Waals surface area (Å²) in [5.74, 6) is 0.443. The van der Waals surface area contributed by atoms with Gasteiger partial charge in [-0.1, -0.05) is 19.3 Å². The highest BCUT2D eigenvalue weighted by Crippen LogP contribution is 2.16. The Bertz CT molecular complexity index is 376. The van der Waals surface area contributed by atoms with Gasteiger partial charge in [0.25, 0.3) is 0 Å². The molecule has 0 unspecified atom stereocenters. The van der Waals surface area contributed by atoms with E-state index < -0.39 is 9.84 Å². The van der Waals surface area contributed by atoms with E-state index in [0.29, 0.717) is 12.0 Å². The Morgan fingerprint density at radius 1 is 1.32 bits per heavy atom. The highest BCUT2D eigenvalue weighted by Gasteiger charge is 2.16. The quantitative estimate of drug-likeness (QED) is 0.416. The molecule has 0 bridgehead atoms. The maximum absolute atomic E-state index is 11.6. The number of halogens is 1. The van der Waals surface area contributed by atoms with Crippen LogP contribution in [0.25, 0.3) is 0 Å². The van der Waals surface area contributed by atoms with Crippen molar-refractivity contribution in [3.8, 4) is 0 Å². The highest BCUT2D eigenvalue weighted by atomic mass is 127. The lowest BCUT2D eigenvalue weighted by molar-refractivity contribution is 0.412. The molecule has 1 aliphatic rings. The van der Waals surface area contributed by atoms with Gasteiger partial charge < -0.3 is 11.1 Å². The van der Waals surface area contributed by atoms with Crippen molar-refractivity contribution in [3.63, 3.8) is 0 Å².